The molecule has 7 heteroatoms. The number of ether oxygens (including phenoxy) is 2. The van der Waals surface area contributed by atoms with Crippen LogP contribution in [0.4, 0.5) is 5.69 Å². The number of hydrogen-bond acceptors (Lipinski definition) is 6. The van der Waals surface area contributed by atoms with Gasteiger partial charge in [0.25, 0.3) is 5.91 Å². The molecule has 0 unspecified atom stereocenters. The number of nitrogens with one attached hydrogen (secondary N) is 1. The number of esters is 1. The maximum Gasteiger partial charge on any atom is 0.343 e. The number of aromatic nitrogens is 1. The molecular formula is C27H24N2O5. The normalized spacial score (nSPS) is 10.6. The molecule has 0 saturated carbocycles. The molecule has 0 spiro atoms. The van der Waals surface area contributed by atoms with Gasteiger partial charge in [-0.1, -0.05) is 42.0 Å². The summed E-state index contributed by atoms with van der Waals surface area (Å²) in [6.45, 7) is 3.68. The number of anilines is 1. The van der Waals surface area contributed by atoms with Crippen molar-refractivity contribution in [3.05, 3.63) is 89.6 Å². The maximum absolute atomic E-state index is 13.1. The summed E-state index contributed by atoms with van der Waals surface area (Å²) in [6.07, 6.45) is 1.66. The van der Waals surface area contributed by atoms with Crippen LogP contribution in [0.5, 0.6) is 5.75 Å². The number of methoxy groups -OCH3 is 1. The Morgan fingerprint density at radius 1 is 1.00 bits per heavy atom. The van der Waals surface area contributed by atoms with Crippen LogP contribution in [0.25, 0.3) is 22.8 Å². The Kier molecular flexibility index (Phi) is 6.73. The largest absolute Gasteiger partial charge is 0.482 e. The van der Waals surface area contributed by atoms with E-state index in [1.54, 1.807) is 42.6 Å². The molecule has 0 aliphatic rings. The molecule has 1 amide bonds. The Labute approximate surface area is 197 Å². The van der Waals surface area contributed by atoms with Crippen LogP contribution in [0.3, 0.4) is 0 Å². The minimum Gasteiger partial charge on any atom is -0.482 e. The second-order valence-electron chi connectivity index (χ2n) is 7.74. The summed E-state index contributed by atoms with van der Waals surface area (Å²) in [4.78, 5) is 28.8. The van der Waals surface area contributed by atoms with E-state index in [0.717, 1.165) is 16.7 Å². The Morgan fingerprint density at radius 2 is 1.76 bits per heavy atom. The third-order valence-electron chi connectivity index (χ3n) is 5.27. The van der Waals surface area contributed by atoms with Gasteiger partial charge in [-0.2, -0.15) is 0 Å². The van der Waals surface area contributed by atoms with Crippen LogP contribution in [0.1, 0.15) is 21.5 Å². The van der Waals surface area contributed by atoms with Gasteiger partial charge in [-0.15, -0.1) is 0 Å². The third kappa shape index (κ3) is 5.15. The second kappa shape index (κ2) is 10.0. The van der Waals surface area contributed by atoms with Crippen molar-refractivity contribution in [1.82, 2.24) is 4.98 Å². The van der Waals surface area contributed by atoms with Crippen LogP contribution in [0.2, 0.25) is 0 Å². The monoisotopic (exact) mass is 456 g/mol. The van der Waals surface area contributed by atoms with Gasteiger partial charge in [0, 0.05) is 16.8 Å². The molecule has 0 fully saturated rings. The van der Waals surface area contributed by atoms with Crippen molar-refractivity contribution in [2.45, 2.75) is 13.8 Å². The Morgan fingerprint density at radius 3 is 2.50 bits per heavy atom. The van der Waals surface area contributed by atoms with Gasteiger partial charge >= 0.3 is 5.97 Å². The minimum atomic E-state index is -0.469. The van der Waals surface area contributed by atoms with E-state index in [1.807, 2.05) is 44.2 Å². The van der Waals surface area contributed by atoms with Gasteiger partial charge in [0.1, 0.15) is 5.75 Å². The first-order valence-electron chi connectivity index (χ1n) is 10.7. The number of oxazole rings is 1. The number of carbonyl (C=O) groups is 2. The number of aryl methyl sites for hydroxylation is 2. The summed E-state index contributed by atoms with van der Waals surface area (Å²) in [5.74, 6) is 0.735. The minimum absolute atomic E-state index is 0.185. The van der Waals surface area contributed by atoms with Gasteiger partial charge in [-0.25, -0.2) is 9.78 Å². The second-order valence-corrected chi connectivity index (χ2v) is 7.74. The Hall–Kier alpha value is -4.39. The standard InChI is InChI=1S/C27H24N2O5/c1-17-8-10-19(11-9-17)24-15-28-27(34-24)22-7-5-4-6-21(22)26(31)29-23-13-12-20(14-18(23)2)33-16-25(30)32-3/h4-15H,16H2,1-3H3,(H,29,31). The fraction of sp³-hybridized carbons (Fsp3) is 0.148. The van der Waals surface area contributed by atoms with Gasteiger partial charge in [0.2, 0.25) is 5.89 Å². The smallest absolute Gasteiger partial charge is 0.343 e. The van der Waals surface area contributed by atoms with Crippen molar-refractivity contribution in [1.29, 1.82) is 0 Å². The van der Waals surface area contributed by atoms with Crippen LogP contribution in [0, 0.1) is 13.8 Å². The lowest BCUT2D eigenvalue weighted by Gasteiger charge is -2.12. The summed E-state index contributed by atoms with van der Waals surface area (Å²) in [5.41, 5.74) is 4.50. The van der Waals surface area contributed by atoms with Crippen LogP contribution >= 0.6 is 0 Å². The summed E-state index contributed by atoms with van der Waals surface area (Å²) in [5, 5.41) is 2.93. The number of hydrogen-bond donors (Lipinski definition) is 1. The number of amides is 1. The van der Waals surface area contributed by atoms with Crippen molar-refractivity contribution in [3.63, 3.8) is 0 Å². The first-order chi connectivity index (χ1) is 16.4. The molecule has 0 bridgehead atoms. The summed E-state index contributed by atoms with van der Waals surface area (Å²) in [7, 11) is 1.30. The Bertz CT molecular complexity index is 1330. The van der Waals surface area contributed by atoms with E-state index >= 15 is 0 Å². The average molecular weight is 456 g/mol. The molecule has 1 aromatic heterocycles. The van der Waals surface area contributed by atoms with Crippen molar-refractivity contribution >= 4 is 17.6 Å². The van der Waals surface area contributed by atoms with Crippen LogP contribution in [0.15, 0.2) is 77.3 Å². The van der Waals surface area contributed by atoms with E-state index in [9.17, 15) is 9.59 Å². The fourth-order valence-corrected chi connectivity index (χ4v) is 3.37. The zero-order valence-electron chi connectivity index (χ0n) is 19.1. The van der Waals surface area contributed by atoms with Crippen molar-refractivity contribution in [2.24, 2.45) is 0 Å². The zero-order valence-corrected chi connectivity index (χ0v) is 19.1. The van der Waals surface area contributed by atoms with E-state index < -0.39 is 5.97 Å². The first kappa shape index (κ1) is 22.8. The predicted molar refractivity (Wildman–Crippen MR) is 129 cm³/mol. The lowest BCUT2D eigenvalue weighted by atomic mass is 10.1. The molecule has 1 heterocycles. The lowest BCUT2D eigenvalue weighted by Crippen LogP contribution is -2.15. The van der Waals surface area contributed by atoms with E-state index in [1.165, 1.54) is 7.11 Å². The van der Waals surface area contributed by atoms with Crippen molar-refractivity contribution in [3.8, 4) is 28.5 Å². The topological polar surface area (TPSA) is 90.7 Å². The van der Waals surface area contributed by atoms with Gasteiger partial charge in [0.05, 0.1) is 18.9 Å². The van der Waals surface area contributed by atoms with Gasteiger partial charge in [-0.05, 0) is 49.7 Å². The highest BCUT2D eigenvalue weighted by Crippen LogP contribution is 2.29. The molecule has 0 radical (unpaired) electrons. The highest BCUT2D eigenvalue weighted by molar-refractivity contribution is 6.08. The lowest BCUT2D eigenvalue weighted by molar-refractivity contribution is -0.142. The predicted octanol–water partition coefficient (Wildman–Crippen LogP) is 5.43. The van der Waals surface area contributed by atoms with Crippen LogP contribution in [-0.4, -0.2) is 30.6 Å². The molecule has 3 aromatic carbocycles. The van der Waals surface area contributed by atoms with Crippen LogP contribution in [-0.2, 0) is 9.53 Å². The fourth-order valence-electron chi connectivity index (χ4n) is 3.37. The van der Waals surface area contributed by atoms with E-state index in [-0.39, 0.29) is 12.5 Å². The molecule has 172 valence electrons. The summed E-state index contributed by atoms with van der Waals surface area (Å²) >= 11 is 0. The molecule has 1 N–H and O–H groups in total. The van der Waals surface area contributed by atoms with E-state index in [4.69, 9.17) is 9.15 Å². The number of benzene rings is 3. The average Bonchev–Trinajstić information content (AvgIpc) is 3.34. The molecule has 0 saturated heterocycles. The molecule has 7 nitrogen and oxygen atoms in total. The number of carbonyl (C=O) groups excluding carboxylic acids is 2. The molecular weight excluding hydrogens is 432 g/mol. The van der Waals surface area contributed by atoms with Gasteiger partial charge in [-0.3, -0.25) is 4.79 Å². The number of rotatable bonds is 7. The van der Waals surface area contributed by atoms with Crippen molar-refractivity contribution < 1.29 is 23.5 Å². The Balaban J connectivity index is 1.53. The zero-order chi connectivity index (χ0) is 24.1. The highest BCUT2D eigenvalue weighted by atomic mass is 16.6. The highest BCUT2D eigenvalue weighted by Gasteiger charge is 2.18. The maximum atomic E-state index is 13.1. The SMILES string of the molecule is COC(=O)COc1ccc(NC(=O)c2ccccc2-c2ncc(-c3ccc(C)cc3)o2)c(C)c1. The number of nitrogens with zero attached hydrogens (tertiary/aromatic N) is 1. The van der Waals surface area contributed by atoms with E-state index in [0.29, 0.717) is 34.2 Å². The van der Waals surface area contributed by atoms with Gasteiger partial charge < -0.3 is 19.2 Å². The molecule has 0 aliphatic heterocycles. The quantitative estimate of drug-likeness (QED) is 0.373. The van der Waals surface area contributed by atoms with Gasteiger partial charge in [0.15, 0.2) is 12.4 Å². The molecule has 34 heavy (non-hydrogen) atoms. The molecule has 4 aromatic rings. The third-order valence-corrected chi connectivity index (χ3v) is 5.27. The first-order valence-corrected chi connectivity index (χ1v) is 10.7. The van der Waals surface area contributed by atoms with E-state index in [2.05, 4.69) is 15.0 Å². The van der Waals surface area contributed by atoms with Crippen LogP contribution < -0.4 is 10.1 Å². The summed E-state index contributed by atoms with van der Waals surface area (Å²) in [6, 6.07) is 20.3. The van der Waals surface area contributed by atoms with Crippen molar-refractivity contribution in [2.75, 3.05) is 19.0 Å². The summed E-state index contributed by atoms with van der Waals surface area (Å²) < 4.78 is 16.0. The molecule has 4 rings (SSSR count). The molecule has 0 aliphatic carbocycles. The molecule has 0 atom stereocenters.